The molecule has 0 bridgehead atoms. The molecule has 2 rings (SSSR count). The lowest BCUT2D eigenvalue weighted by Gasteiger charge is -2.13. The van der Waals surface area contributed by atoms with Gasteiger partial charge in [-0.15, -0.1) is 0 Å². The van der Waals surface area contributed by atoms with Crippen LogP contribution in [-0.4, -0.2) is 11.2 Å². The molecule has 1 heterocycles. The van der Waals surface area contributed by atoms with Gasteiger partial charge in [-0.05, 0) is 12.1 Å². The summed E-state index contributed by atoms with van der Waals surface area (Å²) in [5.41, 5.74) is -1.56. The molecular formula is C15H16F3N3O2. The van der Waals surface area contributed by atoms with Gasteiger partial charge < -0.3 is 9.84 Å². The van der Waals surface area contributed by atoms with Gasteiger partial charge in [0.05, 0.1) is 11.3 Å². The maximum absolute atomic E-state index is 12.9. The molecule has 23 heavy (non-hydrogen) atoms. The van der Waals surface area contributed by atoms with E-state index in [0.717, 1.165) is 6.07 Å². The third kappa shape index (κ3) is 4.24. The lowest BCUT2D eigenvalue weighted by molar-refractivity contribution is -0.136. The molecule has 0 radical (unpaired) electrons. The molecular weight excluding hydrogens is 311 g/mol. The quantitative estimate of drug-likeness (QED) is 0.845. The topological polar surface area (TPSA) is 67.2 Å². The van der Waals surface area contributed by atoms with Crippen LogP contribution in [0.25, 0.3) is 0 Å². The molecule has 0 aliphatic carbocycles. The second-order valence-corrected chi connectivity index (χ2v) is 5.95. The first-order valence-corrected chi connectivity index (χ1v) is 6.79. The Morgan fingerprint density at radius 3 is 2.35 bits per heavy atom. The Morgan fingerprint density at radius 1 is 1.13 bits per heavy atom. The summed E-state index contributed by atoms with van der Waals surface area (Å²) in [6, 6.07) is 5.40. The summed E-state index contributed by atoms with van der Waals surface area (Å²) >= 11 is 0. The first-order valence-electron chi connectivity index (χ1n) is 6.79. The predicted molar refractivity (Wildman–Crippen MR) is 79.3 cm³/mol. The van der Waals surface area contributed by atoms with Gasteiger partial charge >= 0.3 is 12.2 Å². The lowest BCUT2D eigenvalue weighted by Crippen LogP contribution is -2.22. The standard InChI is InChI=1S/C15H16F3N3O2/c1-14(2,3)11-8-12(21-23-11)20-13(22)19-10-7-5-4-6-9(10)15(16,17)18/h4-8H,1-3H3,(H2,19,20,21,22). The molecule has 2 N–H and O–H groups in total. The van der Waals surface area contributed by atoms with Crippen molar-refractivity contribution < 1.29 is 22.5 Å². The van der Waals surface area contributed by atoms with Crippen molar-refractivity contribution in [2.24, 2.45) is 0 Å². The fourth-order valence-electron chi connectivity index (χ4n) is 1.80. The number of nitrogens with one attached hydrogen (secondary N) is 2. The molecule has 0 fully saturated rings. The summed E-state index contributed by atoms with van der Waals surface area (Å²) in [5.74, 6) is 0.667. The minimum atomic E-state index is -4.56. The van der Waals surface area contributed by atoms with Crippen molar-refractivity contribution in [1.82, 2.24) is 5.16 Å². The summed E-state index contributed by atoms with van der Waals surface area (Å²) in [4.78, 5) is 11.8. The highest BCUT2D eigenvalue weighted by molar-refractivity contribution is 5.99. The Bertz CT molecular complexity index is 702. The fraction of sp³-hybridized carbons (Fsp3) is 0.333. The summed E-state index contributed by atoms with van der Waals surface area (Å²) in [6.45, 7) is 5.70. The third-order valence-electron chi connectivity index (χ3n) is 2.97. The number of rotatable bonds is 2. The van der Waals surface area contributed by atoms with Gasteiger partial charge in [-0.3, -0.25) is 5.32 Å². The number of hydrogen-bond acceptors (Lipinski definition) is 3. The van der Waals surface area contributed by atoms with Gasteiger partial charge in [0, 0.05) is 11.5 Å². The van der Waals surface area contributed by atoms with Crippen molar-refractivity contribution in [1.29, 1.82) is 0 Å². The van der Waals surface area contributed by atoms with E-state index in [-0.39, 0.29) is 16.9 Å². The van der Waals surface area contributed by atoms with Gasteiger partial charge in [0.2, 0.25) is 0 Å². The van der Waals surface area contributed by atoms with Crippen LogP contribution in [-0.2, 0) is 11.6 Å². The van der Waals surface area contributed by atoms with Gasteiger partial charge in [-0.1, -0.05) is 38.1 Å². The number of halogens is 3. The molecule has 1 aromatic heterocycles. The SMILES string of the molecule is CC(C)(C)c1cc(NC(=O)Nc2ccccc2C(F)(F)F)no1. The van der Waals surface area contributed by atoms with Crippen LogP contribution in [0.3, 0.4) is 0 Å². The van der Waals surface area contributed by atoms with Gasteiger partial charge in [-0.2, -0.15) is 13.2 Å². The molecule has 0 spiro atoms. The van der Waals surface area contributed by atoms with Gasteiger partial charge in [0.1, 0.15) is 5.76 Å². The maximum Gasteiger partial charge on any atom is 0.418 e. The Labute approximate surface area is 130 Å². The van der Waals surface area contributed by atoms with Crippen LogP contribution in [0.15, 0.2) is 34.9 Å². The van der Waals surface area contributed by atoms with E-state index in [9.17, 15) is 18.0 Å². The third-order valence-corrected chi connectivity index (χ3v) is 2.97. The van der Waals surface area contributed by atoms with E-state index in [1.165, 1.54) is 24.3 Å². The molecule has 0 saturated carbocycles. The Balaban J connectivity index is 2.11. The highest BCUT2D eigenvalue weighted by Gasteiger charge is 2.33. The number of amides is 2. The summed E-state index contributed by atoms with van der Waals surface area (Å²) < 4.78 is 43.7. The van der Waals surface area contributed by atoms with E-state index >= 15 is 0 Å². The van der Waals surface area contributed by atoms with Crippen LogP contribution < -0.4 is 10.6 Å². The van der Waals surface area contributed by atoms with E-state index in [2.05, 4.69) is 15.8 Å². The number of nitrogens with zero attached hydrogens (tertiary/aromatic N) is 1. The van der Waals surface area contributed by atoms with Crippen molar-refractivity contribution in [3.63, 3.8) is 0 Å². The Morgan fingerprint density at radius 2 is 1.78 bits per heavy atom. The van der Waals surface area contributed by atoms with Crippen molar-refractivity contribution in [3.8, 4) is 0 Å². The average molecular weight is 327 g/mol. The zero-order valence-electron chi connectivity index (χ0n) is 12.8. The second kappa shape index (κ2) is 5.94. The fourth-order valence-corrected chi connectivity index (χ4v) is 1.80. The van der Waals surface area contributed by atoms with E-state index in [1.54, 1.807) is 0 Å². The number of hydrogen-bond donors (Lipinski definition) is 2. The summed E-state index contributed by atoms with van der Waals surface area (Å²) in [5, 5.41) is 8.17. The minimum absolute atomic E-state index is 0.122. The maximum atomic E-state index is 12.9. The van der Waals surface area contributed by atoms with E-state index in [1.807, 2.05) is 20.8 Å². The number of urea groups is 1. The van der Waals surface area contributed by atoms with Crippen LogP contribution in [0.5, 0.6) is 0 Å². The highest BCUT2D eigenvalue weighted by Crippen LogP contribution is 2.34. The van der Waals surface area contributed by atoms with Gasteiger partial charge in [-0.25, -0.2) is 4.79 Å². The molecule has 2 aromatic rings. The molecule has 8 heteroatoms. The first-order chi connectivity index (χ1) is 10.6. The number of aromatic nitrogens is 1. The largest absolute Gasteiger partial charge is 0.418 e. The Kier molecular flexibility index (Phi) is 4.35. The van der Waals surface area contributed by atoms with E-state index in [0.29, 0.717) is 5.76 Å². The van der Waals surface area contributed by atoms with E-state index in [4.69, 9.17) is 4.52 Å². The highest BCUT2D eigenvalue weighted by atomic mass is 19.4. The molecule has 124 valence electrons. The van der Waals surface area contributed by atoms with Crippen LogP contribution in [0.4, 0.5) is 29.5 Å². The summed E-state index contributed by atoms with van der Waals surface area (Å²) in [7, 11) is 0. The van der Waals surface area contributed by atoms with Crippen molar-refractivity contribution in [2.45, 2.75) is 32.4 Å². The van der Waals surface area contributed by atoms with E-state index < -0.39 is 17.8 Å². The van der Waals surface area contributed by atoms with Crippen molar-refractivity contribution in [2.75, 3.05) is 10.6 Å². The summed E-state index contributed by atoms with van der Waals surface area (Å²) in [6.07, 6.45) is -4.56. The number of carbonyl (C=O) groups is 1. The molecule has 0 atom stereocenters. The number of benzene rings is 1. The number of para-hydroxylation sites is 1. The smallest absolute Gasteiger partial charge is 0.359 e. The predicted octanol–water partition coefficient (Wildman–Crippen LogP) is 4.63. The zero-order chi connectivity index (χ0) is 17.3. The van der Waals surface area contributed by atoms with Crippen LogP contribution in [0.1, 0.15) is 32.1 Å². The molecule has 0 saturated heterocycles. The zero-order valence-corrected chi connectivity index (χ0v) is 12.8. The minimum Gasteiger partial charge on any atom is -0.359 e. The molecule has 0 unspecified atom stereocenters. The molecule has 0 aliphatic rings. The molecule has 5 nitrogen and oxygen atoms in total. The average Bonchev–Trinajstić information content (AvgIpc) is 2.86. The monoisotopic (exact) mass is 327 g/mol. The van der Waals surface area contributed by atoms with Crippen LogP contribution in [0, 0.1) is 0 Å². The molecule has 2 amide bonds. The number of carbonyl (C=O) groups excluding carboxylic acids is 1. The van der Waals surface area contributed by atoms with Crippen LogP contribution >= 0.6 is 0 Å². The Hall–Kier alpha value is -2.51. The molecule has 1 aromatic carbocycles. The number of alkyl halides is 3. The van der Waals surface area contributed by atoms with Crippen LogP contribution in [0.2, 0.25) is 0 Å². The second-order valence-electron chi connectivity index (χ2n) is 5.95. The van der Waals surface area contributed by atoms with Crippen molar-refractivity contribution in [3.05, 3.63) is 41.7 Å². The first kappa shape index (κ1) is 16.9. The normalized spacial score (nSPS) is 12.1. The number of anilines is 2. The molecule has 0 aliphatic heterocycles. The van der Waals surface area contributed by atoms with Crippen molar-refractivity contribution >= 4 is 17.5 Å². The lowest BCUT2D eigenvalue weighted by atomic mass is 9.93. The van der Waals surface area contributed by atoms with Gasteiger partial charge in [0.25, 0.3) is 0 Å². The van der Waals surface area contributed by atoms with Gasteiger partial charge in [0.15, 0.2) is 5.82 Å².